The smallest absolute Gasteiger partial charge is 0.322 e. The number of aromatic amines is 1. The number of carbonyl (C=O) groups excluding carboxylic acids is 2. The number of nitrogens with zero attached hydrogens (tertiary/aromatic N) is 2. The van der Waals surface area contributed by atoms with Crippen LogP contribution in [0.25, 0.3) is 10.9 Å². The molecule has 0 radical (unpaired) electrons. The van der Waals surface area contributed by atoms with Crippen molar-refractivity contribution < 1.29 is 19.5 Å². The van der Waals surface area contributed by atoms with Crippen molar-refractivity contribution in [3.63, 3.8) is 0 Å². The van der Waals surface area contributed by atoms with E-state index in [0.717, 1.165) is 28.2 Å². The van der Waals surface area contributed by atoms with Crippen LogP contribution in [0.2, 0.25) is 0 Å². The predicted molar refractivity (Wildman–Crippen MR) is 98.1 cm³/mol. The third-order valence-electron chi connectivity index (χ3n) is 3.55. The van der Waals surface area contributed by atoms with E-state index in [1.165, 1.54) is 0 Å². The van der Waals surface area contributed by atoms with Crippen molar-refractivity contribution in [3.05, 3.63) is 36.0 Å². The topological polar surface area (TPSA) is 136 Å². The van der Waals surface area contributed by atoms with Crippen LogP contribution in [0.4, 0.5) is 0 Å². The van der Waals surface area contributed by atoms with Crippen LogP contribution in [0, 0.1) is 0 Å². The first kappa shape index (κ1) is 17.7. The van der Waals surface area contributed by atoms with Crippen LogP contribution in [-0.4, -0.2) is 51.1 Å². The molecule has 1 atom stereocenters. The lowest BCUT2D eigenvalue weighted by atomic mass is 10.2. The van der Waals surface area contributed by atoms with Crippen LogP contribution in [0.5, 0.6) is 0 Å². The van der Waals surface area contributed by atoms with Crippen molar-refractivity contribution in [1.29, 1.82) is 0 Å². The molecule has 26 heavy (non-hydrogen) atoms. The van der Waals surface area contributed by atoms with Crippen molar-refractivity contribution in [2.75, 3.05) is 6.54 Å². The number of hydrogen-bond donors (Lipinski definition) is 4. The number of carboxylic acids is 1. The molecular weight excluding hydrogens is 358 g/mol. The van der Waals surface area contributed by atoms with Crippen molar-refractivity contribution >= 4 is 51.8 Å². The van der Waals surface area contributed by atoms with E-state index in [4.69, 9.17) is 5.11 Å². The first-order valence-corrected chi connectivity index (χ1v) is 8.54. The molecule has 3 rings (SSSR count). The number of rotatable bonds is 6. The highest BCUT2D eigenvalue weighted by molar-refractivity contribution is 8.15. The number of thioether (sulfide) groups is 1. The normalized spacial score (nSPS) is 18.5. The van der Waals surface area contributed by atoms with Gasteiger partial charge in [0.1, 0.15) is 11.8 Å². The molecular formula is C16H15N5O4S. The summed E-state index contributed by atoms with van der Waals surface area (Å²) in [6.45, 7) is -0.478. The summed E-state index contributed by atoms with van der Waals surface area (Å²) in [7, 11) is 0. The number of para-hydroxylation sites is 1. The maximum absolute atomic E-state index is 11.9. The number of carbonyl (C=O) groups is 3. The Morgan fingerprint density at radius 1 is 1.35 bits per heavy atom. The van der Waals surface area contributed by atoms with Crippen LogP contribution in [0.1, 0.15) is 12.0 Å². The van der Waals surface area contributed by atoms with E-state index in [1.807, 2.05) is 30.5 Å². The molecule has 9 nitrogen and oxygen atoms in total. The lowest BCUT2D eigenvalue weighted by molar-refractivity contribution is -0.137. The average molecular weight is 373 g/mol. The third-order valence-corrected chi connectivity index (χ3v) is 4.62. The number of aromatic nitrogens is 1. The van der Waals surface area contributed by atoms with Gasteiger partial charge in [-0.05, 0) is 6.07 Å². The Kier molecular flexibility index (Phi) is 5.32. The molecule has 1 saturated heterocycles. The maximum Gasteiger partial charge on any atom is 0.322 e. The molecule has 1 fully saturated rings. The zero-order valence-electron chi connectivity index (χ0n) is 13.4. The molecule has 0 spiro atoms. The number of amidine groups is 1. The highest BCUT2D eigenvalue weighted by Crippen LogP contribution is 2.22. The molecule has 0 saturated carbocycles. The molecule has 10 heteroatoms. The molecule has 0 unspecified atom stereocenters. The van der Waals surface area contributed by atoms with E-state index in [1.54, 1.807) is 6.21 Å². The van der Waals surface area contributed by atoms with Gasteiger partial charge in [-0.2, -0.15) is 5.10 Å². The molecule has 2 aromatic rings. The Bertz CT molecular complexity index is 920. The fourth-order valence-corrected chi connectivity index (χ4v) is 3.27. The van der Waals surface area contributed by atoms with Gasteiger partial charge in [-0.15, -0.1) is 5.10 Å². The SMILES string of the molecule is O=C(O)CNC(=O)C[C@@H]1S/C(=N\N=C/c2c[nH]c3ccccc23)NC1=O. The standard InChI is InChI=1S/C16H15N5O4S/c22-13(18-8-14(23)24)5-12-15(25)20-16(26-12)21-19-7-9-6-17-11-4-2-1-3-10(9)11/h1-4,6-7,12,17H,5,8H2,(H,18,22)(H,23,24)(H,20,21,25)/b19-7-/t12-/m0/s1. The highest BCUT2D eigenvalue weighted by Gasteiger charge is 2.32. The number of H-pyrrole nitrogens is 1. The molecule has 1 aromatic carbocycles. The average Bonchev–Trinajstić information content (AvgIpc) is 3.17. The summed E-state index contributed by atoms with van der Waals surface area (Å²) in [5.74, 6) is -2.01. The van der Waals surface area contributed by atoms with Gasteiger partial charge in [0.15, 0.2) is 5.17 Å². The van der Waals surface area contributed by atoms with Gasteiger partial charge in [-0.3, -0.25) is 14.4 Å². The number of benzene rings is 1. The molecule has 1 aromatic heterocycles. The third kappa shape index (κ3) is 4.28. The van der Waals surface area contributed by atoms with Gasteiger partial charge < -0.3 is 20.7 Å². The number of carboxylic acid groups (broad SMARTS) is 1. The number of aliphatic carboxylic acids is 1. The van der Waals surface area contributed by atoms with Crippen LogP contribution < -0.4 is 10.6 Å². The Balaban J connectivity index is 1.59. The van der Waals surface area contributed by atoms with Crippen LogP contribution in [0.3, 0.4) is 0 Å². The van der Waals surface area contributed by atoms with Gasteiger partial charge >= 0.3 is 5.97 Å². The second-order valence-electron chi connectivity index (χ2n) is 5.41. The zero-order valence-corrected chi connectivity index (χ0v) is 14.2. The fraction of sp³-hybridized carbons (Fsp3) is 0.188. The quantitative estimate of drug-likeness (QED) is 0.436. The highest BCUT2D eigenvalue weighted by atomic mass is 32.2. The van der Waals surface area contributed by atoms with E-state index in [2.05, 4.69) is 25.8 Å². The number of nitrogens with one attached hydrogen (secondary N) is 3. The summed E-state index contributed by atoms with van der Waals surface area (Å²) in [6.07, 6.45) is 3.25. The summed E-state index contributed by atoms with van der Waals surface area (Å²) >= 11 is 1.08. The predicted octanol–water partition coefficient (Wildman–Crippen LogP) is 0.680. The minimum atomic E-state index is -1.14. The van der Waals surface area contributed by atoms with Gasteiger partial charge in [0.2, 0.25) is 11.8 Å². The van der Waals surface area contributed by atoms with Gasteiger partial charge in [-0.25, -0.2) is 0 Å². The van der Waals surface area contributed by atoms with Crippen molar-refractivity contribution in [1.82, 2.24) is 15.6 Å². The number of hydrogen-bond acceptors (Lipinski definition) is 6. The first-order chi connectivity index (χ1) is 12.5. The summed E-state index contributed by atoms with van der Waals surface area (Å²) < 4.78 is 0. The van der Waals surface area contributed by atoms with Crippen molar-refractivity contribution in [3.8, 4) is 0 Å². The van der Waals surface area contributed by atoms with E-state index in [0.29, 0.717) is 5.17 Å². The summed E-state index contributed by atoms with van der Waals surface area (Å²) in [5.41, 5.74) is 1.85. The number of fused-ring (bicyclic) bond motifs is 1. The monoisotopic (exact) mass is 373 g/mol. The lowest BCUT2D eigenvalue weighted by Crippen LogP contribution is -2.33. The largest absolute Gasteiger partial charge is 0.480 e. The van der Waals surface area contributed by atoms with Gasteiger partial charge in [0.05, 0.1) is 6.21 Å². The molecule has 2 heterocycles. The minimum Gasteiger partial charge on any atom is -0.480 e. The zero-order chi connectivity index (χ0) is 18.5. The van der Waals surface area contributed by atoms with Gasteiger partial charge in [0.25, 0.3) is 0 Å². The molecule has 2 amide bonds. The summed E-state index contributed by atoms with van der Waals surface area (Å²) in [5, 5.41) is 21.9. The Morgan fingerprint density at radius 2 is 2.15 bits per heavy atom. The van der Waals surface area contributed by atoms with Gasteiger partial charge in [-0.1, -0.05) is 30.0 Å². The Morgan fingerprint density at radius 3 is 2.96 bits per heavy atom. The molecule has 1 aliphatic rings. The van der Waals surface area contributed by atoms with Crippen LogP contribution in [0.15, 0.2) is 40.7 Å². The molecule has 4 N–H and O–H groups in total. The van der Waals surface area contributed by atoms with E-state index in [9.17, 15) is 14.4 Å². The minimum absolute atomic E-state index is 0.130. The van der Waals surface area contributed by atoms with E-state index < -0.39 is 23.7 Å². The molecule has 1 aliphatic heterocycles. The van der Waals surface area contributed by atoms with Crippen LogP contribution in [-0.2, 0) is 14.4 Å². The second kappa shape index (κ2) is 7.83. The first-order valence-electron chi connectivity index (χ1n) is 7.66. The second-order valence-corrected chi connectivity index (χ2v) is 6.60. The van der Waals surface area contributed by atoms with E-state index in [-0.39, 0.29) is 12.3 Å². The van der Waals surface area contributed by atoms with Gasteiger partial charge in [0, 0.05) is 29.1 Å². The molecule has 0 aliphatic carbocycles. The lowest BCUT2D eigenvalue weighted by Gasteiger charge is -2.04. The van der Waals surface area contributed by atoms with Crippen molar-refractivity contribution in [2.45, 2.75) is 11.7 Å². The Hall–Kier alpha value is -3.14. The maximum atomic E-state index is 11.9. The van der Waals surface area contributed by atoms with Crippen molar-refractivity contribution in [2.24, 2.45) is 10.2 Å². The van der Waals surface area contributed by atoms with Crippen LogP contribution >= 0.6 is 11.8 Å². The Labute approximate surface area is 151 Å². The summed E-state index contributed by atoms with van der Waals surface area (Å²) in [4.78, 5) is 37.0. The number of amides is 2. The molecule has 134 valence electrons. The summed E-state index contributed by atoms with van der Waals surface area (Å²) in [6, 6.07) is 7.76. The molecule has 0 bridgehead atoms. The fourth-order valence-electron chi connectivity index (χ4n) is 2.35. The van der Waals surface area contributed by atoms with E-state index >= 15 is 0 Å².